The monoisotopic (exact) mass is 368 g/mol. The Kier molecular flexibility index (Phi) is 11.0. The van der Waals surface area contributed by atoms with Crippen molar-refractivity contribution in [2.24, 2.45) is 5.92 Å². The Labute approximate surface area is 159 Å². The van der Waals surface area contributed by atoms with E-state index in [4.69, 9.17) is 4.74 Å². The molecule has 0 spiro atoms. The highest BCUT2D eigenvalue weighted by Crippen LogP contribution is 2.31. The zero-order valence-corrected chi connectivity index (χ0v) is 17.3. The highest BCUT2D eigenvalue weighted by molar-refractivity contribution is 5.17. The van der Waals surface area contributed by atoms with Gasteiger partial charge < -0.3 is 4.74 Å². The average Bonchev–Trinajstić information content (AvgIpc) is 2.59. The molecule has 150 valence electrons. The summed E-state index contributed by atoms with van der Waals surface area (Å²) in [6.07, 6.45) is 11.8. The van der Waals surface area contributed by atoms with Crippen LogP contribution in [0.3, 0.4) is 0 Å². The van der Waals surface area contributed by atoms with Gasteiger partial charge in [-0.25, -0.2) is 8.78 Å². The molecule has 0 aliphatic carbocycles. The standard InChI is InChI=1S/C23H38F2O/c1-5-7-8-9-10-11-14-20(23(3,4)26-6-2)15-12-13-19-16-17-21(24)22(25)18-19/h16-18,20H,5-15H2,1-4H3. The average molecular weight is 369 g/mol. The minimum absolute atomic E-state index is 0.133. The van der Waals surface area contributed by atoms with E-state index in [1.165, 1.54) is 57.1 Å². The van der Waals surface area contributed by atoms with E-state index in [1.54, 1.807) is 6.07 Å². The van der Waals surface area contributed by atoms with Crippen molar-refractivity contribution in [3.8, 4) is 0 Å². The second kappa shape index (κ2) is 12.4. The van der Waals surface area contributed by atoms with Crippen molar-refractivity contribution in [3.05, 3.63) is 35.4 Å². The normalized spacial score (nSPS) is 13.2. The maximum Gasteiger partial charge on any atom is 0.159 e. The first-order valence-electron chi connectivity index (χ1n) is 10.5. The second-order valence-electron chi connectivity index (χ2n) is 7.93. The molecule has 1 atom stereocenters. The van der Waals surface area contributed by atoms with E-state index in [0.29, 0.717) is 5.92 Å². The molecular weight excluding hydrogens is 330 g/mol. The van der Waals surface area contributed by atoms with Gasteiger partial charge in [0.05, 0.1) is 5.60 Å². The van der Waals surface area contributed by atoms with Crippen molar-refractivity contribution in [2.45, 2.75) is 97.5 Å². The van der Waals surface area contributed by atoms with Gasteiger partial charge in [-0.2, -0.15) is 0 Å². The molecule has 1 aromatic rings. The maximum atomic E-state index is 13.4. The third-order valence-corrected chi connectivity index (χ3v) is 5.41. The van der Waals surface area contributed by atoms with Crippen molar-refractivity contribution in [1.29, 1.82) is 0 Å². The molecule has 1 unspecified atom stereocenters. The van der Waals surface area contributed by atoms with Crippen LogP contribution < -0.4 is 0 Å². The largest absolute Gasteiger partial charge is 0.376 e. The maximum absolute atomic E-state index is 13.4. The number of hydrogen-bond acceptors (Lipinski definition) is 1. The summed E-state index contributed by atoms with van der Waals surface area (Å²) in [5, 5.41) is 0. The SMILES string of the molecule is CCCCCCCCC(CCCc1ccc(F)c(F)c1)C(C)(C)OCC. The molecule has 0 bridgehead atoms. The second-order valence-corrected chi connectivity index (χ2v) is 7.93. The molecule has 1 aromatic carbocycles. The van der Waals surface area contributed by atoms with E-state index in [9.17, 15) is 8.78 Å². The summed E-state index contributed by atoms with van der Waals surface area (Å²) in [6, 6.07) is 4.24. The molecule has 0 amide bonds. The number of ether oxygens (including phenoxy) is 1. The summed E-state index contributed by atoms with van der Waals surface area (Å²) in [5.41, 5.74) is 0.739. The van der Waals surface area contributed by atoms with Gasteiger partial charge in [0, 0.05) is 6.61 Å². The fourth-order valence-corrected chi connectivity index (χ4v) is 3.75. The van der Waals surface area contributed by atoms with Crippen LogP contribution >= 0.6 is 0 Å². The topological polar surface area (TPSA) is 9.23 Å². The van der Waals surface area contributed by atoms with Crippen LogP contribution in [0.4, 0.5) is 8.78 Å². The smallest absolute Gasteiger partial charge is 0.159 e. The zero-order chi connectivity index (χ0) is 19.4. The van der Waals surface area contributed by atoms with Gasteiger partial charge in [0.2, 0.25) is 0 Å². The Hall–Kier alpha value is -0.960. The van der Waals surface area contributed by atoms with E-state index in [-0.39, 0.29) is 5.60 Å². The van der Waals surface area contributed by atoms with Crippen LogP contribution in [0, 0.1) is 17.6 Å². The molecule has 0 saturated carbocycles. The van der Waals surface area contributed by atoms with Crippen molar-refractivity contribution >= 4 is 0 Å². The summed E-state index contributed by atoms with van der Waals surface area (Å²) in [4.78, 5) is 0. The van der Waals surface area contributed by atoms with Crippen LogP contribution in [0.5, 0.6) is 0 Å². The molecular formula is C23H38F2O. The predicted molar refractivity (Wildman–Crippen MR) is 106 cm³/mol. The lowest BCUT2D eigenvalue weighted by Gasteiger charge is -2.34. The lowest BCUT2D eigenvalue weighted by molar-refractivity contribution is -0.0603. The summed E-state index contributed by atoms with van der Waals surface area (Å²) < 4.78 is 32.4. The van der Waals surface area contributed by atoms with Crippen LogP contribution in [0.1, 0.15) is 91.0 Å². The molecule has 1 nitrogen and oxygen atoms in total. The predicted octanol–water partition coefficient (Wildman–Crippen LogP) is 7.47. The molecule has 3 heteroatoms. The minimum atomic E-state index is -0.771. The van der Waals surface area contributed by atoms with Crippen molar-refractivity contribution < 1.29 is 13.5 Å². The summed E-state index contributed by atoms with van der Waals surface area (Å²) >= 11 is 0. The van der Waals surface area contributed by atoms with E-state index in [1.807, 2.05) is 6.92 Å². The van der Waals surface area contributed by atoms with Crippen LogP contribution in [0.25, 0.3) is 0 Å². The minimum Gasteiger partial charge on any atom is -0.376 e. The molecule has 0 aliphatic rings. The molecule has 26 heavy (non-hydrogen) atoms. The Bertz CT molecular complexity index is 499. The number of hydrogen-bond donors (Lipinski definition) is 0. The number of rotatable bonds is 14. The Balaban J connectivity index is 2.48. The number of benzene rings is 1. The fraction of sp³-hybridized carbons (Fsp3) is 0.739. The number of unbranched alkanes of at least 4 members (excludes halogenated alkanes) is 5. The molecule has 0 fully saturated rings. The van der Waals surface area contributed by atoms with Crippen LogP contribution in [0.15, 0.2) is 18.2 Å². The summed E-state index contributed by atoms with van der Waals surface area (Å²) in [7, 11) is 0. The fourth-order valence-electron chi connectivity index (χ4n) is 3.75. The van der Waals surface area contributed by atoms with Crippen molar-refractivity contribution in [3.63, 3.8) is 0 Å². The van der Waals surface area contributed by atoms with Gasteiger partial charge in [0.1, 0.15) is 0 Å². The lowest BCUT2D eigenvalue weighted by Crippen LogP contribution is -2.34. The molecule has 0 N–H and O–H groups in total. The Morgan fingerprint density at radius 2 is 1.54 bits per heavy atom. The molecule has 0 radical (unpaired) electrons. The first-order valence-corrected chi connectivity index (χ1v) is 10.5. The van der Waals surface area contributed by atoms with E-state index >= 15 is 0 Å². The third-order valence-electron chi connectivity index (χ3n) is 5.41. The van der Waals surface area contributed by atoms with Crippen molar-refractivity contribution in [1.82, 2.24) is 0 Å². The van der Waals surface area contributed by atoms with E-state index < -0.39 is 11.6 Å². The lowest BCUT2D eigenvalue weighted by atomic mass is 9.82. The molecule has 1 rings (SSSR count). The van der Waals surface area contributed by atoms with Gasteiger partial charge in [-0.3, -0.25) is 0 Å². The third kappa shape index (κ3) is 8.62. The highest BCUT2D eigenvalue weighted by Gasteiger charge is 2.29. The van der Waals surface area contributed by atoms with Crippen LogP contribution in [0.2, 0.25) is 0 Å². The molecule has 0 heterocycles. The van der Waals surface area contributed by atoms with Crippen LogP contribution in [-0.2, 0) is 11.2 Å². The van der Waals surface area contributed by atoms with Crippen molar-refractivity contribution in [2.75, 3.05) is 6.61 Å². The van der Waals surface area contributed by atoms with Crippen LogP contribution in [-0.4, -0.2) is 12.2 Å². The number of aryl methyl sites for hydroxylation is 1. The number of halogens is 2. The van der Waals surface area contributed by atoms with Gasteiger partial charge in [-0.05, 0) is 70.1 Å². The quantitative estimate of drug-likeness (QED) is 0.309. The molecule has 0 saturated heterocycles. The summed E-state index contributed by atoms with van der Waals surface area (Å²) in [6.45, 7) is 9.40. The first-order chi connectivity index (χ1) is 12.4. The van der Waals surface area contributed by atoms with Gasteiger partial charge >= 0.3 is 0 Å². The Morgan fingerprint density at radius 3 is 2.19 bits per heavy atom. The van der Waals surface area contributed by atoms with E-state index in [2.05, 4.69) is 20.8 Å². The van der Waals surface area contributed by atoms with Gasteiger partial charge in [0.15, 0.2) is 11.6 Å². The van der Waals surface area contributed by atoms with Gasteiger partial charge in [0.25, 0.3) is 0 Å². The molecule has 0 aliphatic heterocycles. The van der Waals surface area contributed by atoms with Gasteiger partial charge in [-0.1, -0.05) is 51.5 Å². The highest BCUT2D eigenvalue weighted by atomic mass is 19.2. The van der Waals surface area contributed by atoms with E-state index in [0.717, 1.165) is 31.4 Å². The molecule has 0 aromatic heterocycles. The Morgan fingerprint density at radius 1 is 0.885 bits per heavy atom. The summed E-state index contributed by atoms with van der Waals surface area (Å²) in [5.74, 6) is -1.02. The van der Waals surface area contributed by atoms with Gasteiger partial charge in [-0.15, -0.1) is 0 Å². The zero-order valence-electron chi connectivity index (χ0n) is 17.3. The first kappa shape index (κ1) is 23.1.